The molecule has 0 bridgehead atoms. The molecule has 6 heteroatoms. The Labute approximate surface area is 150 Å². The third-order valence-electron chi connectivity index (χ3n) is 4.69. The first kappa shape index (κ1) is 16.5. The topological polar surface area (TPSA) is 78.1 Å². The maximum Gasteiger partial charge on any atom is 0.291 e. The summed E-state index contributed by atoms with van der Waals surface area (Å²) in [5, 5.41) is 3.37. The van der Waals surface area contributed by atoms with E-state index in [1.807, 2.05) is 24.3 Å². The number of aromatic nitrogens is 2. The molecule has 3 aromatic rings. The number of aromatic amines is 1. The van der Waals surface area contributed by atoms with Crippen LogP contribution in [-0.2, 0) is 6.54 Å². The fourth-order valence-corrected chi connectivity index (χ4v) is 3.34. The molecule has 0 spiro atoms. The minimum Gasteiger partial charge on any atom is -0.319 e. The standard InChI is InChI=1S/C20H20N4O2/c25-19-15-8-2-4-10-17(15)21-18(23-19)20(26)22-16-9-3-1-7-14(16)13-24-11-5-6-12-24/h1-4,7-10H,5-6,11-13H2,(H,22,26)(H,21,23,25). The third kappa shape index (κ3) is 3.36. The molecule has 6 nitrogen and oxygen atoms in total. The number of para-hydroxylation sites is 2. The zero-order valence-electron chi connectivity index (χ0n) is 14.4. The summed E-state index contributed by atoms with van der Waals surface area (Å²) in [6, 6.07) is 14.7. The van der Waals surface area contributed by atoms with E-state index in [1.165, 1.54) is 12.8 Å². The lowest BCUT2D eigenvalue weighted by molar-refractivity contribution is 0.101. The molecule has 0 aliphatic carbocycles. The van der Waals surface area contributed by atoms with Gasteiger partial charge in [-0.2, -0.15) is 0 Å². The average molecular weight is 348 g/mol. The van der Waals surface area contributed by atoms with Crippen LogP contribution in [0.15, 0.2) is 53.3 Å². The fourth-order valence-electron chi connectivity index (χ4n) is 3.34. The average Bonchev–Trinajstić information content (AvgIpc) is 3.16. The van der Waals surface area contributed by atoms with Gasteiger partial charge in [0, 0.05) is 12.2 Å². The van der Waals surface area contributed by atoms with Crippen LogP contribution in [0.2, 0.25) is 0 Å². The van der Waals surface area contributed by atoms with E-state index < -0.39 is 5.91 Å². The highest BCUT2D eigenvalue weighted by atomic mass is 16.2. The number of rotatable bonds is 4. The van der Waals surface area contributed by atoms with Gasteiger partial charge in [0.25, 0.3) is 11.5 Å². The highest BCUT2D eigenvalue weighted by Gasteiger charge is 2.16. The van der Waals surface area contributed by atoms with Crippen LogP contribution < -0.4 is 10.9 Å². The van der Waals surface area contributed by atoms with Crippen LogP contribution in [-0.4, -0.2) is 33.9 Å². The first-order valence-electron chi connectivity index (χ1n) is 8.81. The summed E-state index contributed by atoms with van der Waals surface area (Å²) in [6.07, 6.45) is 2.44. The number of hydrogen-bond acceptors (Lipinski definition) is 4. The predicted octanol–water partition coefficient (Wildman–Crippen LogP) is 2.77. The molecule has 2 heterocycles. The van der Waals surface area contributed by atoms with Crippen molar-refractivity contribution in [2.24, 2.45) is 0 Å². The molecule has 2 aromatic carbocycles. The molecule has 1 aliphatic heterocycles. The molecule has 0 atom stereocenters. The van der Waals surface area contributed by atoms with Gasteiger partial charge in [-0.05, 0) is 49.7 Å². The molecule has 132 valence electrons. The second-order valence-electron chi connectivity index (χ2n) is 6.53. The van der Waals surface area contributed by atoms with Gasteiger partial charge < -0.3 is 10.3 Å². The van der Waals surface area contributed by atoms with Crippen LogP contribution in [0.25, 0.3) is 10.9 Å². The molecule has 1 aliphatic rings. The largest absolute Gasteiger partial charge is 0.319 e. The van der Waals surface area contributed by atoms with Gasteiger partial charge in [-0.25, -0.2) is 4.98 Å². The lowest BCUT2D eigenvalue weighted by Crippen LogP contribution is -2.23. The molecule has 0 unspecified atom stereocenters. The van der Waals surface area contributed by atoms with E-state index in [0.29, 0.717) is 10.9 Å². The Hall–Kier alpha value is -2.99. The lowest BCUT2D eigenvalue weighted by Gasteiger charge is -2.17. The molecule has 1 aromatic heterocycles. The number of nitrogens with zero attached hydrogens (tertiary/aromatic N) is 2. The number of carbonyl (C=O) groups excluding carboxylic acids is 1. The Bertz CT molecular complexity index is 1010. The van der Waals surface area contributed by atoms with E-state index in [1.54, 1.807) is 24.3 Å². The molecule has 1 saturated heterocycles. The summed E-state index contributed by atoms with van der Waals surface area (Å²) in [5.74, 6) is -0.397. The molecule has 2 N–H and O–H groups in total. The molecule has 0 radical (unpaired) electrons. The number of H-pyrrole nitrogens is 1. The maximum absolute atomic E-state index is 12.6. The van der Waals surface area contributed by atoms with E-state index in [4.69, 9.17) is 0 Å². The normalized spacial score (nSPS) is 14.6. The minimum absolute atomic E-state index is 0.0182. The van der Waals surface area contributed by atoms with Gasteiger partial charge >= 0.3 is 0 Å². The number of benzene rings is 2. The summed E-state index contributed by atoms with van der Waals surface area (Å²) in [5.41, 5.74) is 2.00. The summed E-state index contributed by atoms with van der Waals surface area (Å²) < 4.78 is 0. The van der Waals surface area contributed by atoms with Gasteiger partial charge in [0.15, 0.2) is 5.82 Å². The smallest absolute Gasteiger partial charge is 0.291 e. The van der Waals surface area contributed by atoms with Crippen molar-refractivity contribution in [3.8, 4) is 0 Å². The molecule has 1 fully saturated rings. The quantitative estimate of drug-likeness (QED) is 0.760. The van der Waals surface area contributed by atoms with Crippen molar-refractivity contribution >= 4 is 22.5 Å². The van der Waals surface area contributed by atoms with E-state index in [-0.39, 0.29) is 11.4 Å². The summed E-state index contributed by atoms with van der Waals surface area (Å²) in [7, 11) is 0. The molecular formula is C20H20N4O2. The van der Waals surface area contributed by atoms with Crippen molar-refractivity contribution in [1.82, 2.24) is 14.9 Å². The summed E-state index contributed by atoms with van der Waals surface area (Å²) in [6.45, 7) is 2.97. The Morgan fingerprint density at radius 2 is 1.81 bits per heavy atom. The van der Waals surface area contributed by atoms with E-state index in [2.05, 4.69) is 20.2 Å². The molecule has 0 saturated carbocycles. The van der Waals surface area contributed by atoms with Crippen molar-refractivity contribution < 1.29 is 4.79 Å². The first-order valence-corrected chi connectivity index (χ1v) is 8.81. The molecular weight excluding hydrogens is 328 g/mol. The Balaban J connectivity index is 1.59. The van der Waals surface area contributed by atoms with Crippen LogP contribution in [0.4, 0.5) is 5.69 Å². The number of carbonyl (C=O) groups is 1. The highest BCUT2D eigenvalue weighted by Crippen LogP contribution is 2.20. The van der Waals surface area contributed by atoms with E-state index in [9.17, 15) is 9.59 Å². The number of amides is 1. The van der Waals surface area contributed by atoms with Crippen molar-refractivity contribution in [3.05, 3.63) is 70.3 Å². The Morgan fingerprint density at radius 3 is 2.65 bits per heavy atom. The number of anilines is 1. The fraction of sp³-hybridized carbons (Fsp3) is 0.250. The number of hydrogen-bond donors (Lipinski definition) is 2. The molecule has 4 rings (SSSR count). The first-order chi connectivity index (χ1) is 12.7. The highest BCUT2D eigenvalue weighted by molar-refractivity contribution is 6.02. The van der Waals surface area contributed by atoms with Crippen LogP contribution in [0.5, 0.6) is 0 Å². The number of nitrogens with one attached hydrogen (secondary N) is 2. The van der Waals surface area contributed by atoms with E-state index >= 15 is 0 Å². The zero-order chi connectivity index (χ0) is 17.9. The van der Waals surface area contributed by atoms with Crippen LogP contribution >= 0.6 is 0 Å². The summed E-state index contributed by atoms with van der Waals surface area (Å²) >= 11 is 0. The molecule has 1 amide bonds. The van der Waals surface area contributed by atoms with Gasteiger partial charge in [0.05, 0.1) is 10.9 Å². The van der Waals surface area contributed by atoms with Crippen molar-refractivity contribution in [2.45, 2.75) is 19.4 Å². The predicted molar refractivity (Wildman–Crippen MR) is 101 cm³/mol. The van der Waals surface area contributed by atoms with Crippen LogP contribution in [0.3, 0.4) is 0 Å². The van der Waals surface area contributed by atoms with Crippen molar-refractivity contribution in [1.29, 1.82) is 0 Å². The van der Waals surface area contributed by atoms with Gasteiger partial charge in [0.1, 0.15) is 0 Å². The molecule has 26 heavy (non-hydrogen) atoms. The van der Waals surface area contributed by atoms with Gasteiger partial charge in [0.2, 0.25) is 0 Å². The Kier molecular flexibility index (Phi) is 4.50. The maximum atomic E-state index is 12.6. The second-order valence-corrected chi connectivity index (χ2v) is 6.53. The lowest BCUT2D eigenvalue weighted by atomic mass is 10.1. The van der Waals surface area contributed by atoms with Crippen molar-refractivity contribution in [3.63, 3.8) is 0 Å². The van der Waals surface area contributed by atoms with Gasteiger partial charge in [-0.15, -0.1) is 0 Å². The SMILES string of the molecule is O=C(Nc1ccccc1CN1CCCC1)c1nc2ccccc2c(=O)[nH]1. The van der Waals surface area contributed by atoms with Crippen molar-refractivity contribution in [2.75, 3.05) is 18.4 Å². The summed E-state index contributed by atoms with van der Waals surface area (Å²) in [4.78, 5) is 34.1. The monoisotopic (exact) mass is 348 g/mol. The third-order valence-corrected chi connectivity index (χ3v) is 4.69. The van der Waals surface area contributed by atoms with Gasteiger partial charge in [-0.1, -0.05) is 30.3 Å². The van der Waals surface area contributed by atoms with Crippen LogP contribution in [0.1, 0.15) is 29.0 Å². The zero-order valence-corrected chi connectivity index (χ0v) is 14.4. The van der Waals surface area contributed by atoms with Crippen LogP contribution in [0, 0.1) is 0 Å². The van der Waals surface area contributed by atoms with E-state index in [0.717, 1.165) is 30.9 Å². The number of likely N-dealkylation sites (tertiary alicyclic amines) is 1. The minimum atomic E-state index is -0.415. The number of fused-ring (bicyclic) bond motifs is 1. The second kappa shape index (κ2) is 7.09. The Morgan fingerprint density at radius 1 is 1.08 bits per heavy atom. The van der Waals surface area contributed by atoms with Gasteiger partial charge in [-0.3, -0.25) is 14.5 Å².